The fourth-order valence-corrected chi connectivity index (χ4v) is 16.2. The predicted octanol–water partition coefficient (Wildman–Crippen LogP) is 1.54. The van der Waals surface area contributed by atoms with Crippen molar-refractivity contribution in [3.05, 3.63) is 36.0 Å². The van der Waals surface area contributed by atoms with E-state index in [4.69, 9.17) is 37.9 Å². The van der Waals surface area contributed by atoms with Crippen LogP contribution in [-0.4, -0.2) is 205 Å². The minimum Gasteiger partial charge on any atom is -0.481 e. The lowest BCUT2D eigenvalue weighted by Gasteiger charge is -2.71. The van der Waals surface area contributed by atoms with Gasteiger partial charge in [0.25, 0.3) is 0 Å². The Labute approximate surface area is 468 Å². The first kappa shape index (κ1) is 63.0. The fraction of sp³-hybridized carbons (Fsp3) is 0.845. The first-order valence-corrected chi connectivity index (χ1v) is 28.7. The molecule has 8 aliphatic rings. The second-order valence-electron chi connectivity index (χ2n) is 26.1. The zero-order valence-electron chi connectivity index (χ0n) is 47.6. The number of ether oxygens (including phenoxy) is 8. The summed E-state index contributed by atoms with van der Waals surface area (Å²) in [6.07, 6.45) is -13.4. The van der Waals surface area contributed by atoms with Crippen molar-refractivity contribution in [1.29, 1.82) is 0 Å². The highest BCUT2D eigenvalue weighted by Crippen LogP contribution is 2.76. The van der Waals surface area contributed by atoms with Crippen molar-refractivity contribution in [2.75, 3.05) is 26.4 Å². The van der Waals surface area contributed by atoms with Crippen molar-refractivity contribution >= 4 is 17.9 Å². The van der Waals surface area contributed by atoms with Crippen LogP contribution in [-0.2, 0) is 52.3 Å². The molecule has 5 aliphatic carbocycles. The molecular weight excluding hydrogens is 1050 g/mol. The maximum absolute atomic E-state index is 14.1. The first-order valence-electron chi connectivity index (χ1n) is 28.7. The Bertz CT molecular complexity index is 2310. The lowest BCUT2D eigenvalue weighted by Crippen LogP contribution is -2.70. The third kappa shape index (κ3) is 10.7. The molecule has 26 atom stereocenters. The Hall–Kier alpha value is -3.01. The molecule has 8 rings (SSSR count). The summed E-state index contributed by atoms with van der Waals surface area (Å²) >= 11 is 0. The summed E-state index contributed by atoms with van der Waals surface area (Å²) in [6.45, 7) is 15.5. The van der Waals surface area contributed by atoms with Gasteiger partial charge >= 0.3 is 17.9 Å². The number of fused-ring (bicyclic) bond motifs is 7. The summed E-state index contributed by atoms with van der Waals surface area (Å²) in [5.41, 5.74) is -3.89. The van der Waals surface area contributed by atoms with E-state index in [1.807, 2.05) is 26.8 Å². The molecule has 0 bridgehead atoms. The van der Waals surface area contributed by atoms with E-state index in [0.29, 0.717) is 50.9 Å². The highest BCUT2D eigenvalue weighted by atomic mass is 16.8. The summed E-state index contributed by atoms with van der Waals surface area (Å²) in [5, 5.41) is 120. The van der Waals surface area contributed by atoms with Crippen molar-refractivity contribution < 1.29 is 108 Å². The number of carbonyl (C=O) groups excluding carboxylic acids is 2. The fourth-order valence-electron chi connectivity index (χ4n) is 16.2. The van der Waals surface area contributed by atoms with E-state index >= 15 is 0 Å². The summed E-state index contributed by atoms with van der Waals surface area (Å²) in [7, 11) is 0. The van der Waals surface area contributed by atoms with Gasteiger partial charge in [0.1, 0.15) is 78.7 Å². The quantitative estimate of drug-likeness (QED) is 0.0343. The van der Waals surface area contributed by atoms with Crippen LogP contribution >= 0.6 is 0 Å². The summed E-state index contributed by atoms with van der Waals surface area (Å²) < 4.78 is 48.8. The Morgan fingerprint density at radius 1 is 0.725 bits per heavy atom. The minimum atomic E-state index is -1.93. The monoisotopic (exact) mass is 1140 g/mol. The lowest BCUT2D eigenvalue weighted by molar-refractivity contribution is -0.393. The molecule has 4 saturated carbocycles. The minimum absolute atomic E-state index is 0.00561. The second-order valence-corrected chi connectivity index (χ2v) is 26.1. The van der Waals surface area contributed by atoms with Crippen LogP contribution < -0.4 is 0 Å². The maximum Gasteiger partial charge on any atom is 0.331 e. The highest BCUT2D eigenvalue weighted by molar-refractivity contribution is 5.83. The molecule has 0 spiro atoms. The molecule has 3 heterocycles. The number of carboxylic acids is 1. The van der Waals surface area contributed by atoms with E-state index < -0.39 is 180 Å². The van der Waals surface area contributed by atoms with Crippen LogP contribution in [0.25, 0.3) is 0 Å². The van der Waals surface area contributed by atoms with Crippen LogP contribution in [0.15, 0.2) is 36.0 Å². The number of carboxylic acid groups (broad SMARTS) is 1. The largest absolute Gasteiger partial charge is 0.481 e. The topological polar surface area (TPSA) is 348 Å². The zero-order chi connectivity index (χ0) is 58.8. The van der Waals surface area contributed by atoms with Gasteiger partial charge in [0.15, 0.2) is 25.0 Å². The van der Waals surface area contributed by atoms with E-state index in [1.54, 1.807) is 12.2 Å². The Balaban J connectivity index is 1.08. The number of allylic oxidation sites excluding steroid dienone is 5. The number of carbonyl (C=O) groups is 3. The molecule has 11 N–H and O–H groups in total. The zero-order valence-corrected chi connectivity index (χ0v) is 47.6. The Morgan fingerprint density at radius 3 is 2.02 bits per heavy atom. The van der Waals surface area contributed by atoms with E-state index in [-0.39, 0.29) is 24.9 Å². The van der Waals surface area contributed by atoms with Gasteiger partial charge in [0, 0.05) is 29.7 Å². The van der Waals surface area contributed by atoms with Crippen LogP contribution in [0.3, 0.4) is 0 Å². The van der Waals surface area contributed by atoms with Crippen LogP contribution in [0.5, 0.6) is 0 Å². The molecular formula is C58H90O22. The third-order valence-corrected chi connectivity index (χ3v) is 21.3. The van der Waals surface area contributed by atoms with Crippen LogP contribution in [0.2, 0.25) is 0 Å². The van der Waals surface area contributed by atoms with Crippen molar-refractivity contribution in [1.82, 2.24) is 0 Å². The van der Waals surface area contributed by atoms with E-state index in [9.17, 15) is 70.6 Å². The molecule has 3 saturated heterocycles. The second kappa shape index (κ2) is 23.8. The van der Waals surface area contributed by atoms with Gasteiger partial charge in [-0.15, -0.1) is 0 Å². The van der Waals surface area contributed by atoms with Crippen molar-refractivity contribution in [3.8, 4) is 0 Å². The van der Waals surface area contributed by atoms with Gasteiger partial charge in [-0.1, -0.05) is 91.7 Å². The summed E-state index contributed by atoms with van der Waals surface area (Å²) in [4.78, 5) is 40.7. The standard InChI is InChI=1S/C58H90O22/c1-10-28(2)13-11-12-14-38(64)78-47-48(74-29(3)62)58(52(71)72)22-21-56(8)30(31(58)23-53(47,4)5)15-16-36-54(6)19-18-37(55(7,27-61)35(54)17-20-57(36,56)9)77-51-46(80-50-43(69)41(67)40(66)33(24-59)75-50)44(70)45(34(25-60)76-51)79-49-42(68)39(65)32(63)26-73-49/h11-15,28,31-37,39-51,59-61,63,65-70H,10,16-27H2,1-9H3,(H,71,72)/b13-11+,14-12-/t28?,31-,32-,33+,34+,35+,36+,37-,39-,40+,41-,42+,43+,44-,45+,46+,47-,48-,49-,50-,51-,54-,55+,56+,57+,58-/m0/s1. The summed E-state index contributed by atoms with van der Waals surface area (Å²) in [6, 6.07) is 0. The molecule has 80 heavy (non-hydrogen) atoms. The van der Waals surface area contributed by atoms with E-state index in [1.165, 1.54) is 13.0 Å². The number of aliphatic hydroxyl groups excluding tert-OH is 10. The number of aliphatic hydroxyl groups is 10. The summed E-state index contributed by atoms with van der Waals surface area (Å²) in [5.74, 6) is -2.96. The molecule has 7 fully saturated rings. The first-order chi connectivity index (χ1) is 37.5. The molecule has 454 valence electrons. The smallest absolute Gasteiger partial charge is 0.331 e. The molecule has 0 aromatic heterocycles. The van der Waals surface area contributed by atoms with Gasteiger partial charge in [0.2, 0.25) is 0 Å². The van der Waals surface area contributed by atoms with Crippen LogP contribution in [0.4, 0.5) is 0 Å². The van der Waals surface area contributed by atoms with E-state index in [2.05, 4.69) is 40.7 Å². The molecule has 0 aromatic rings. The van der Waals surface area contributed by atoms with Gasteiger partial charge in [-0.05, 0) is 85.4 Å². The molecule has 1 unspecified atom stereocenters. The van der Waals surface area contributed by atoms with Gasteiger partial charge < -0.3 is 94.1 Å². The predicted molar refractivity (Wildman–Crippen MR) is 280 cm³/mol. The van der Waals surface area contributed by atoms with Gasteiger partial charge in [-0.25, -0.2) is 4.79 Å². The Kier molecular flexibility index (Phi) is 18.8. The Morgan fingerprint density at radius 2 is 1.39 bits per heavy atom. The van der Waals surface area contributed by atoms with Gasteiger partial charge in [-0.2, -0.15) is 0 Å². The number of hydrogen-bond donors (Lipinski definition) is 11. The molecule has 0 amide bonds. The highest BCUT2D eigenvalue weighted by Gasteiger charge is 2.74. The SMILES string of the molecule is CCC(C)/C=C/C=C\C(=O)O[C@H]1[C@H](OC(C)=O)[C@]2(C(=O)O)CC[C@]3(C)C(=CC[C@@H]4[C@@]5(C)CC[C@H](O[C@@H]6O[C@H](CO)[C@@H](O[C@@H]7OC[C@H](O)[C@H](O)[C@H]7O)[C@H](O)[C@H]6O[C@@H]6O[C@H](CO)[C@@H](O)[C@H](O)[C@H]6O)[C@](C)(CO)[C@@H]5CC[C@]43C)[C@@H]2CC1(C)C. The van der Waals surface area contributed by atoms with Crippen molar-refractivity contribution in [3.63, 3.8) is 0 Å². The van der Waals surface area contributed by atoms with Gasteiger partial charge in [-0.3, -0.25) is 9.59 Å². The average molecular weight is 1140 g/mol. The van der Waals surface area contributed by atoms with Gasteiger partial charge in [0.05, 0.1) is 32.5 Å². The molecule has 22 nitrogen and oxygen atoms in total. The van der Waals surface area contributed by atoms with Crippen molar-refractivity contribution in [2.24, 2.45) is 56.2 Å². The van der Waals surface area contributed by atoms with Crippen LogP contribution in [0.1, 0.15) is 120 Å². The molecule has 22 heteroatoms. The molecule has 3 aliphatic heterocycles. The number of rotatable bonds is 16. The van der Waals surface area contributed by atoms with E-state index in [0.717, 1.165) is 12.0 Å². The van der Waals surface area contributed by atoms with Crippen molar-refractivity contribution in [2.45, 2.75) is 224 Å². The third-order valence-electron chi connectivity index (χ3n) is 21.3. The number of hydrogen-bond acceptors (Lipinski definition) is 21. The lowest BCUT2D eigenvalue weighted by atomic mass is 9.33. The molecule has 0 aromatic carbocycles. The average Bonchev–Trinajstić information content (AvgIpc) is 3.41. The molecule has 0 radical (unpaired) electrons. The number of aliphatic carboxylic acids is 1. The number of esters is 2. The van der Waals surface area contributed by atoms with Crippen LogP contribution in [0, 0.1) is 56.2 Å². The normalized spacial score (nSPS) is 48.7. The maximum atomic E-state index is 14.1.